The summed E-state index contributed by atoms with van der Waals surface area (Å²) < 4.78 is 174. The summed E-state index contributed by atoms with van der Waals surface area (Å²) in [6.07, 6.45) is 5.72. The molecule has 0 unspecified atom stereocenters. The van der Waals surface area contributed by atoms with Crippen LogP contribution in [0.2, 0.25) is 0 Å². The Labute approximate surface area is 306 Å². The van der Waals surface area contributed by atoms with E-state index in [1.165, 1.54) is 48.6 Å². The van der Waals surface area contributed by atoms with Crippen LogP contribution < -0.4 is 0 Å². The highest BCUT2D eigenvalue weighted by atomic mass is 14.8. The van der Waals surface area contributed by atoms with Crippen molar-refractivity contribution in [3.63, 3.8) is 0 Å². The number of aromatic nitrogens is 4. The molecule has 0 spiro atoms. The Morgan fingerprint density at radius 1 is 0.333 bits per heavy atom. The van der Waals surface area contributed by atoms with E-state index < -0.39 is 121 Å². The van der Waals surface area contributed by atoms with Gasteiger partial charge >= 0.3 is 0 Å². The third-order valence-corrected chi connectivity index (χ3v) is 7.75. The number of rotatable bonds is 4. The fourth-order valence-electron chi connectivity index (χ4n) is 5.76. The van der Waals surface area contributed by atoms with Crippen LogP contribution in [0.1, 0.15) is 50.2 Å². The van der Waals surface area contributed by atoms with Crippen molar-refractivity contribution in [2.75, 3.05) is 0 Å². The standard InChI is InChI=1S/C44H30N4/c1-5-13-29(14-6-1)41-33-21-23-35(45-33)42(30-15-7-2-8-16-30)37-25-27-39(47-37)44(32-19-11-4-12-20-32)40-28-26-38(48-40)43(31-17-9-3-10-18-31)36-24-22-34(41)46-36/h1-28,45,48H/i1D,2D,3D,4D,5D,6D,7D,8D,9D,10D,11D,12D,13D,14D,15D,16D,17D,18D,19D,20D,41+0. The highest BCUT2D eigenvalue weighted by Gasteiger charge is 2.18. The van der Waals surface area contributed by atoms with Gasteiger partial charge < -0.3 is 9.97 Å². The second kappa shape index (κ2) is 11.7. The summed E-state index contributed by atoms with van der Waals surface area (Å²) in [5.74, 6) is 0. The van der Waals surface area contributed by atoms with Crippen molar-refractivity contribution in [2.24, 2.45) is 0 Å². The van der Waals surface area contributed by atoms with Crippen LogP contribution in [0, 0.1) is 0 Å². The van der Waals surface area contributed by atoms with Crippen LogP contribution in [-0.2, 0) is 0 Å². The molecule has 9 rings (SSSR count). The van der Waals surface area contributed by atoms with E-state index in [1.807, 2.05) is 0 Å². The van der Waals surface area contributed by atoms with E-state index in [0.717, 1.165) is 0 Å². The molecule has 0 saturated heterocycles. The average Bonchev–Trinajstić information content (AvgIpc) is 4.18. The SMILES string of the molecule is [2H]c1c([2H])c([2H])c(-c2c3nc(c(-c4c([2H])c([2H])c([2H])c([2H])c4[2H])c4ccc([nH]4)[12c](-c4c([2H])c([2H])c([2H])c([2H])c4[2H])c4nc(c(-c5c([2H])c([2H])c([2H])c([2H])c5[2H])c5ccc2[nH]5)C=C4)C=C3)c([2H])c1[2H]. The predicted octanol–water partition coefficient (Wildman–Crippen LogP) is 11.3. The summed E-state index contributed by atoms with van der Waals surface area (Å²) >= 11 is 0. The number of fused-ring (bicyclic) bond motifs is 8. The molecule has 5 heterocycles. The first-order chi connectivity index (χ1) is 32.1. The third kappa shape index (κ3) is 4.88. The zero-order valence-corrected chi connectivity index (χ0v) is 24.5. The van der Waals surface area contributed by atoms with Gasteiger partial charge in [0.25, 0.3) is 0 Å². The fraction of sp³-hybridized carbons (Fsp3) is 0. The highest BCUT2D eigenvalue weighted by molar-refractivity contribution is 5.99. The van der Waals surface area contributed by atoms with E-state index in [0.29, 0.717) is 0 Å². The molecular weight excluding hydrogens is 585 g/mol. The number of benzene rings is 4. The van der Waals surface area contributed by atoms with Gasteiger partial charge in [-0.2, -0.15) is 0 Å². The molecule has 0 atom stereocenters. The van der Waals surface area contributed by atoms with Gasteiger partial charge in [-0.05, 0) is 70.8 Å². The molecule has 0 radical (unpaired) electrons. The first-order valence-electron chi connectivity index (χ1n) is 24.5. The van der Waals surface area contributed by atoms with Crippen molar-refractivity contribution >= 4 is 46.4 Å². The summed E-state index contributed by atoms with van der Waals surface area (Å²) in [7, 11) is 0. The lowest BCUT2D eigenvalue weighted by atomic mass is 10.0. The van der Waals surface area contributed by atoms with Gasteiger partial charge in [-0.25, -0.2) is 9.97 Å². The molecule has 4 aromatic carbocycles. The molecule has 0 amide bonds. The highest BCUT2D eigenvalue weighted by Crippen LogP contribution is 2.38. The summed E-state index contributed by atoms with van der Waals surface area (Å²) in [6, 6.07) is -7.41. The van der Waals surface area contributed by atoms with Crippen molar-refractivity contribution in [3.05, 3.63) is 168 Å². The van der Waals surface area contributed by atoms with Gasteiger partial charge in [0, 0.05) is 44.3 Å². The minimum atomic E-state index is -0.685. The number of hydrogen-bond acceptors (Lipinski definition) is 2. The Morgan fingerprint density at radius 2 is 0.562 bits per heavy atom. The van der Waals surface area contributed by atoms with Crippen LogP contribution in [0.25, 0.3) is 90.9 Å². The molecule has 8 bridgehead atoms. The van der Waals surface area contributed by atoms with Crippen LogP contribution in [-0.4, -0.2) is 19.9 Å². The molecule has 2 aliphatic heterocycles. The predicted molar refractivity (Wildman–Crippen MR) is 201 cm³/mol. The van der Waals surface area contributed by atoms with Crippen LogP contribution in [0.3, 0.4) is 0 Å². The van der Waals surface area contributed by atoms with Crippen molar-refractivity contribution in [3.8, 4) is 44.5 Å². The zero-order valence-electron chi connectivity index (χ0n) is 44.5. The number of H-pyrrole nitrogens is 2. The van der Waals surface area contributed by atoms with Gasteiger partial charge in [0.15, 0.2) is 0 Å². The van der Waals surface area contributed by atoms with Crippen molar-refractivity contribution in [1.82, 2.24) is 19.9 Å². The molecule has 2 aliphatic rings. The van der Waals surface area contributed by atoms with E-state index >= 15 is 0 Å². The van der Waals surface area contributed by atoms with E-state index in [1.54, 1.807) is 0 Å². The van der Waals surface area contributed by atoms with Crippen LogP contribution >= 0.6 is 0 Å². The third-order valence-electron chi connectivity index (χ3n) is 7.75. The van der Waals surface area contributed by atoms with Crippen LogP contribution in [0.4, 0.5) is 0 Å². The smallest absolute Gasteiger partial charge is 0.0737 e. The van der Waals surface area contributed by atoms with Crippen molar-refractivity contribution in [1.29, 1.82) is 0 Å². The first-order valence-corrected chi connectivity index (χ1v) is 14.5. The molecule has 7 aromatic rings. The Morgan fingerprint density at radius 3 is 0.792 bits per heavy atom. The first kappa shape index (κ1) is 14.1. The molecular formula is C44H30N4. The largest absolute Gasteiger partial charge is 0.354 e. The van der Waals surface area contributed by atoms with Gasteiger partial charge in [0.2, 0.25) is 0 Å². The minimum Gasteiger partial charge on any atom is -0.354 e. The molecule has 4 nitrogen and oxygen atoms in total. The summed E-state index contributed by atoms with van der Waals surface area (Å²) in [5.41, 5.74) is -1.57. The lowest BCUT2D eigenvalue weighted by molar-refractivity contribution is 1.31. The molecule has 2 N–H and O–H groups in total. The second-order valence-corrected chi connectivity index (χ2v) is 10.5. The summed E-state index contributed by atoms with van der Waals surface area (Å²) in [6.45, 7) is 0. The molecule has 0 saturated carbocycles. The average molecular weight is 635 g/mol. The van der Waals surface area contributed by atoms with E-state index in [-0.39, 0.29) is 89.4 Å². The summed E-state index contributed by atoms with van der Waals surface area (Å²) in [5, 5.41) is 0. The van der Waals surface area contributed by atoms with E-state index in [2.05, 4.69) is 9.97 Å². The fourth-order valence-corrected chi connectivity index (χ4v) is 5.76. The molecule has 48 heavy (non-hydrogen) atoms. The molecule has 226 valence electrons. The summed E-state index contributed by atoms with van der Waals surface area (Å²) in [4.78, 5) is 16.1. The lowest BCUT2D eigenvalue weighted by Crippen LogP contribution is -1.89. The second-order valence-electron chi connectivity index (χ2n) is 10.5. The van der Waals surface area contributed by atoms with Gasteiger partial charge in [-0.15, -0.1) is 0 Å². The van der Waals surface area contributed by atoms with Crippen LogP contribution in [0.15, 0.2) is 145 Å². The number of aromatic amines is 2. The maximum atomic E-state index is 9.04. The van der Waals surface area contributed by atoms with E-state index in [9.17, 15) is 0 Å². The van der Waals surface area contributed by atoms with Crippen molar-refractivity contribution in [2.45, 2.75) is 0 Å². The van der Waals surface area contributed by atoms with Gasteiger partial charge in [-0.3, -0.25) is 0 Å². The Kier molecular flexibility index (Phi) is 3.43. The maximum absolute atomic E-state index is 9.04. The molecule has 0 fully saturated rings. The zero-order chi connectivity index (χ0) is 49.3. The van der Waals surface area contributed by atoms with E-state index in [4.69, 9.17) is 37.4 Å². The lowest BCUT2D eigenvalue weighted by Gasteiger charge is -2.07. The number of hydrogen-bond donors (Lipinski definition) is 2. The van der Waals surface area contributed by atoms with Crippen LogP contribution in [0.5, 0.6) is 0 Å². The monoisotopic (exact) mass is 634 g/mol. The normalized spacial score (nSPS) is 17.8. The quantitative estimate of drug-likeness (QED) is 0.202. The van der Waals surface area contributed by atoms with Gasteiger partial charge in [0.05, 0.1) is 50.2 Å². The van der Waals surface area contributed by atoms with Gasteiger partial charge in [-0.1, -0.05) is 121 Å². The Bertz CT molecular complexity index is 3120. The number of nitrogens with one attached hydrogen (secondary N) is 2. The Balaban J connectivity index is 1.60. The number of nitrogens with zero attached hydrogens (tertiary/aromatic N) is 2. The minimum absolute atomic E-state index is 0.0415. The molecule has 0 aliphatic carbocycles. The molecule has 3 aromatic heterocycles. The topological polar surface area (TPSA) is 57.4 Å². The maximum Gasteiger partial charge on any atom is 0.0737 e. The van der Waals surface area contributed by atoms with Gasteiger partial charge in [0.1, 0.15) is 0 Å². The molecule has 4 heteroatoms. The van der Waals surface area contributed by atoms with Crippen molar-refractivity contribution < 1.29 is 27.4 Å². The Hall–Kier alpha value is -6.52.